The number of aryl methyl sites for hydroxylation is 1. The summed E-state index contributed by atoms with van der Waals surface area (Å²) in [6.07, 6.45) is 1.70. The Morgan fingerprint density at radius 1 is 1.26 bits per heavy atom. The van der Waals surface area contributed by atoms with Crippen LogP contribution >= 0.6 is 0 Å². The number of nitrogens with zero attached hydrogens (tertiary/aromatic N) is 2. The molecule has 0 fully saturated rings. The quantitative estimate of drug-likeness (QED) is 0.823. The summed E-state index contributed by atoms with van der Waals surface area (Å²) in [6, 6.07) is 8.61. The van der Waals surface area contributed by atoms with Crippen molar-refractivity contribution >= 4 is 11.9 Å². The van der Waals surface area contributed by atoms with Crippen LogP contribution in [0.2, 0.25) is 0 Å². The van der Waals surface area contributed by atoms with Gasteiger partial charge in [-0.25, -0.2) is 9.48 Å². The maximum atomic E-state index is 11.6. The van der Waals surface area contributed by atoms with E-state index in [9.17, 15) is 9.59 Å². The first kappa shape index (κ1) is 12.8. The van der Waals surface area contributed by atoms with Gasteiger partial charge in [-0.05, 0) is 37.3 Å². The van der Waals surface area contributed by atoms with E-state index in [-0.39, 0.29) is 0 Å². The number of carbonyl (C=O) groups is 2. The number of primary amides is 1. The minimum Gasteiger partial charge on any atom is -0.452 e. The molecular formula is C13H13N3O3. The lowest BCUT2D eigenvalue weighted by Gasteiger charge is -2.06. The minimum atomic E-state index is -0.683. The van der Waals surface area contributed by atoms with Gasteiger partial charge in [0.25, 0.3) is 5.91 Å². The first-order chi connectivity index (χ1) is 9.08. The molecule has 1 amide bonds. The number of benzene rings is 1. The fourth-order valence-electron chi connectivity index (χ4n) is 1.60. The van der Waals surface area contributed by atoms with Crippen molar-refractivity contribution in [2.24, 2.45) is 5.73 Å². The van der Waals surface area contributed by atoms with Gasteiger partial charge < -0.3 is 10.5 Å². The van der Waals surface area contributed by atoms with Crippen molar-refractivity contribution in [2.75, 3.05) is 6.61 Å². The van der Waals surface area contributed by atoms with Gasteiger partial charge in [0.15, 0.2) is 6.61 Å². The molecule has 98 valence electrons. The minimum absolute atomic E-state index is 0.356. The number of nitrogens with two attached hydrogens (primary N) is 1. The molecule has 0 bridgehead atoms. The van der Waals surface area contributed by atoms with Gasteiger partial charge in [-0.15, -0.1) is 0 Å². The molecular weight excluding hydrogens is 246 g/mol. The molecule has 2 aromatic rings. The van der Waals surface area contributed by atoms with E-state index in [1.165, 1.54) is 0 Å². The normalized spacial score (nSPS) is 10.2. The van der Waals surface area contributed by atoms with Crippen molar-refractivity contribution in [1.82, 2.24) is 9.78 Å². The van der Waals surface area contributed by atoms with Gasteiger partial charge in [-0.2, -0.15) is 5.10 Å². The Labute approximate surface area is 109 Å². The third kappa shape index (κ3) is 2.98. The second-order valence-electron chi connectivity index (χ2n) is 3.97. The first-order valence-corrected chi connectivity index (χ1v) is 5.64. The predicted molar refractivity (Wildman–Crippen MR) is 67.8 cm³/mol. The topological polar surface area (TPSA) is 87.2 Å². The van der Waals surface area contributed by atoms with Crippen LogP contribution in [0.25, 0.3) is 5.69 Å². The number of hydrogen-bond acceptors (Lipinski definition) is 4. The number of ether oxygens (including phenoxy) is 1. The predicted octanol–water partition coefficient (Wildman–Crippen LogP) is 0.823. The number of carbonyl (C=O) groups excluding carboxylic acids is 2. The molecule has 0 unspecified atom stereocenters. The van der Waals surface area contributed by atoms with E-state index in [2.05, 4.69) is 5.10 Å². The van der Waals surface area contributed by atoms with E-state index in [1.807, 2.05) is 13.0 Å². The highest BCUT2D eigenvalue weighted by molar-refractivity contribution is 5.91. The molecule has 1 aromatic heterocycles. The van der Waals surface area contributed by atoms with Crippen LogP contribution in [0.3, 0.4) is 0 Å². The summed E-state index contributed by atoms with van der Waals surface area (Å²) in [5.41, 5.74) is 7.08. The van der Waals surface area contributed by atoms with Gasteiger partial charge in [0.1, 0.15) is 0 Å². The summed E-state index contributed by atoms with van der Waals surface area (Å²) in [7, 11) is 0. The highest BCUT2D eigenvalue weighted by Crippen LogP contribution is 2.12. The van der Waals surface area contributed by atoms with Crippen LogP contribution in [-0.2, 0) is 9.53 Å². The zero-order chi connectivity index (χ0) is 13.8. The third-order valence-corrected chi connectivity index (χ3v) is 2.53. The first-order valence-electron chi connectivity index (χ1n) is 5.64. The molecule has 1 aromatic carbocycles. The Morgan fingerprint density at radius 2 is 1.95 bits per heavy atom. The Kier molecular flexibility index (Phi) is 3.61. The lowest BCUT2D eigenvalue weighted by Crippen LogP contribution is -2.20. The van der Waals surface area contributed by atoms with E-state index in [0.29, 0.717) is 5.56 Å². The molecule has 0 saturated carbocycles. The maximum Gasteiger partial charge on any atom is 0.338 e. The second-order valence-corrected chi connectivity index (χ2v) is 3.97. The largest absolute Gasteiger partial charge is 0.452 e. The molecule has 0 spiro atoms. The van der Waals surface area contributed by atoms with Gasteiger partial charge in [0.05, 0.1) is 11.3 Å². The van der Waals surface area contributed by atoms with Gasteiger partial charge in [-0.3, -0.25) is 4.79 Å². The summed E-state index contributed by atoms with van der Waals surface area (Å²) in [5, 5.41) is 4.16. The number of rotatable bonds is 4. The van der Waals surface area contributed by atoms with Crippen molar-refractivity contribution in [3.63, 3.8) is 0 Å². The fourth-order valence-corrected chi connectivity index (χ4v) is 1.60. The highest BCUT2D eigenvalue weighted by atomic mass is 16.5. The van der Waals surface area contributed by atoms with Crippen molar-refractivity contribution in [1.29, 1.82) is 0 Å². The lowest BCUT2D eigenvalue weighted by atomic mass is 10.2. The van der Waals surface area contributed by atoms with Crippen LogP contribution in [0.15, 0.2) is 36.5 Å². The molecule has 2 rings (SSSR count). The molecule has 0 aliphatic carbocycles. The molecule has 6 heteroatoms. The standard InChI is InChI=1S/C13H13N3O3/c1-9-6-7-15-16(9)11-4-2-10(3-5-11)13(18)19-8-12(14)17/h2-7H,8H2,1H3,(H2,14,17). The Bertz CT molecular complexity index is 602. The summed E-state index contributed by atoms with van der Waals surface area (Å²) in [6.45, 7) is 1.51. The number of aromatic nitrogens is 2. The van der Waals surface area contributed by atoms with E-state index in [4.69, 9.17) is 10.5 Å². The van der Waals surface area contributed by atoms with Crippen molar-refractivity contribution in [3.05, 3.63) is 47.8 Å². The molecule has 6 nitrogen and oxygen atoms in total. The van der Waals surface area contributed by atoms with Crippen LogP contribution in [0.4, 0.5) is 0 Å². The summed E-state index contributed by atoms with van der Waals surface area (Å²) in [4.78, 5) is 22.1. The molecule has 2 N–H and O–H groups in total. The average molecular weight is 259 g/mol. The fraction of sp³-hybridized carbons (Fsp3) is 0.154. The van der Waals surface area contributed by atoms with Crippen LogP contribution in [0, 0.1) is 6.92 Å². The number of esters is 1. The van der Waals surface area contributed by atoms with Crippen molar-refractivity contribution in [3.8, 4) is 5.69 Å². The molecule has 0 aliphatic heterocycles. The SMILES string of the molecule is Cc1ccnn1-c1ccc(C(=O)OCC(N)=O)cc1. The smallest absolute Gasteiger partial charge is 0.338 e. The second kappa shape index (κ2) is 5.34. The Hall–Kier alpha value is -2.63. The number of amides is 1. The molecule has 0 radical (unpaired) electrons. The van der Waals surface area contributed by atoms with Crippen LogP contribution in [0.1, 0.15) is 16.1 Å². The van der Waals surface area contributed by atoms with Gasteiger partial charge in [0.2, 0.25) is 0 Å². The van der Waals surface area contributed by atoms with Gasteiger partial charge >= 0.3 is 5.97 Å². The Morgan fingerprint density at radius 3 is 2.47 bits per heavy atom. The van der Waals surface area contributed by atoms with Gasteiger partial charge in [-0.1, -0.05) is 0 Å². The summed E-state index contributed by atoms with van der Waals surface area (Å²) < 4.78 is 6.46. The highest BCUT2D eigenvalue weighted by Gasteiger charge is 2.09. The lowest BCUT2D eigenvalue weighted by molar-refractivity contribution is -0.121. The maximum absolute atomic E-state index is 11.6. The van der Waals surface area contributed by atoms with Gasteiger partial charge in [0, 0.05) is 11.9 Å². The van der Waals surface area contributed by atoms with Crippen molar-refractivity contribution < 1.29 is 14.3 Å². The molecule has 0 saturated heterocycles. The van der Waals surface area contributed by atoms with Crippen molar-refractivity contribution in [2.45, 2.75) is 6.92 Å². The van der Waals surface area contributed by atoms with E-state index < -0.39 is 18.5 Å². The van der Waals surface area contributed by atoms with E-state index in [1.54, 1.807) is 35.1 Å². The van der Waals surface area contributed by atoms with Crippen LogP contribution < -0.4 is 5.73 Å². The van der Waals surface area contributed by atoms with Crippen LogP contribution in [-0.4, -0.2) is 28.3 Å². The zero-order valence-corrected chi connectivity index (χ0v) is 10.4. The summed E-state index contributed by atoms with van der Waals surface area (Å²) >= 11 is 0. The average Bonchev–Trinajstić information content (AvgIpc) is 2.82. The van der Waals surface area contributed by atoms with E-state index in [0.717, 1.165) is 11.4 Å². The monoisotopic (exact) mass is 259 g/mol. The molecule has 0 aliphatic rings. The van der Waals surface area contributed by atoms with E-state index >= 15 is 0 Å². The molecule has 19 heavy (non-hydrogen) atoms. The number of hydrogen-bond donors (Lipinski definition) is 1. The molecule has 0 atom stereocenters. The third-order valence-electron chi connectivity index (χ3n) is 2.53. The Balaban J connectivity index is 2.13. The zero-order valence-electron chi connectivity index (χ0n) is 10.4. The molecule has 1 heterocycles. The van der Waals surface area contributed by atoms with Crippen LogP contribution in [0.5, 0.6) is 0 Å². The summed E-state index contributed by atoms with van der Waals surface area (Å²) in [5.74, 6) is -1.26.